The van der Waals surface area contributed by atoms with Crippen LogP contribution in [-0.4, -0.2) is 62.1 Å². The molecule has 152 valence electrons. The second kappa shape index (κ2) is 7.75. The van der Waals surface area contributed by atoms with E-state index in [1.54, 1.807) is 18.7 Å². The fourth-order valence-corrected chi connectivity index (χ4v) is 3.88. The summed E-state index contributed by atoms with van der Waals surface area (Å²) >= 11 is 0. The van der Waals surface area contributed by atoms with Crippen molar-refractivity contribution in [2.45, 2.75) is 33.9 Å². The molecule has 0 atom stereocenters. The summed E-state index contributed by atoms with van der Waals surface area (Å²) in [6.07, 6.45) is 0. The standard InChI is InChI=1S/C19H27N5O4/c1-5-21-8-10-22(11-9-21)17(26)13-12-14(25)23(6-2)16-15(13)18(27)24(7-3)19(28)20(16)4/h12H,5-11H2,1-4H3. The summed E-state index contributed by atoms with van der Waals surface area (Å²) in [4.78, 5) is 55.5. The highest BCUT2D eigenvalue weighted by atomic mass is 16.2. The minimum Gasteiger partial charge on any atom is -0.336 e. The van der Waals surface area contributed by atoms with Crippen LogP contribution in [0.1, 0.15) is 31.1 Å². The summed E-state index contributed by atoms with van der Waals surface area (Å²) in [5.41, 5.74) is -1.14. The van der Waals surface area contributed by atoms with Gasteiger partial charge in [-0.2, -0.15) is 0 Å². The van der Waals surface area contributed by atoms with Gasteiger partial charge in [-0.15, -0.1) is 0 Å². The quantitative estimate of drug-likeness (QED) is 0.715. The van der Waals surface area contributed by atoms with Gasteiger partial charge in [-0.3, -0.25) is 28.1 Å². The monoisotopic (exact) mass is 389 g/mol. The molecule has 2 aromatic heterocycles. The maximum Gasteiger partial charge on any atom is 0.332 e. The number of amides is 1. The van der Waals surface area contributed by atoms with Crippen LogP contribution in [0.15, 0.2) is 20.4 Å². The molecule has 3 rings (SSSR count). The smallest absolute Gasteiger partial charge is 0.332 e. The lowest BCUT2D eigenvalue weighted by Gasteiger charge is -2.34. The van der Waals surface area contributed by atoms with Crippen molar-refractivity contribution in [1.82, 2.24) is 23.5 Å². The maximum absolute atomic E-state index is 13.2. The second-order valence-electron chi connectivity index (χ2n) is 6.96. The van der Waals surface area contributed by atoms with Crippen molar-refractivity contribution in [1.29, 1.82) is 0 Å². The average Bonchev–Trinajstić information content (AvgIpc) is 2.71. The molecule has 1 aliphatic rings. The van der Waals surface area contributed by atoms with E-state index in [1.165, 1.54) is 22.2 Å². The van der Waals surface area contributed by atoms with Gasteiger partial charge in [-0.1, -0.05) is 6.92 Å². The Hall–Kier alpha value is -2.68. The lowest BCUT2D eigenvalue weighted by atomic mass is 10.1. The first kappa shape index (κ1) is 20.1. The Kier molecular flexibility index (Phi) is 5.55. The fraction of sp³-hybridized carbons (Fsp3) is 0.579. The number of piperazine rings is 1. The largest absolute Gasteiger partial charge is 0.336 e. The number of aryl methyl sites for hydroxylation is 2. The van der Waals surface area contributed by atoms with Crippen LogP contribution in [0, 0.1) is 0 Å². The first-order chi connectivity index (χ1) is 13.3. The molecule has 1 saturated heterocycles. The van der Waals surface area contributed by atoms with Gasteiger partial charge in [0.1, 0.15) is 5.65 Å². The van der Waals surface area contributed by atoms with Crippen LogP contribution < -0.4 is 16.8 Å². The number of nitrogens with zero attached hydrogens (tertiary/aromatic N) is 5. The molecule has 0 bridgehead atoms. The van der Waals surface area contributed by atoms with Gasteiger partial charge < -0.3 is 9.80 Å². The number of aromatic nitrogens is 3. The molecule has 2 aromatic rings. The number of carbonyl (C=O) groups is 1. The van der Waals surface area contributed by atoms with Gasteiger partial charge in [0.2, 0.25) is 0 Å². The Morgan fingerprint density at radius 2 is 1.54 bits per heavy atom. The van der Waals surface area contributed by atoms with E-state index in [1.807, 2.05) is 0 Å². The molecule has 3 heterocycles. The summed E-state index contributed by atoms with van der Waals surface area (Å²) in [6.45, 7) is 9.53. The topological polar surface area (TPSA) is 89.6 Å². The molecule has 0 N–H and O–H groups in total. The van der Waals surface area contributed by atoms with E-state index in [9.17, 15) is 19.2 Å². The third-order valence-electron chi connectivity index (χ3n) is 5.55. The molecule has 9 nitrogen and oxygen atoms in total. The highest BCUT2D eigenvalue weighted by Gasteiger charge is 2.27. The van der Waals surface area contributed by atoms with Crippen LogP contribution in [0.4, 0.5) is 0 Å². The van der Waals surface area contributed by atoms with E-state index in [-0.39, 0.29) is 29.0 Å². The highest BCUT2D eigenvalue weighted by Crippen LogP contribution is 2.15. The number of hydrogen-bond acceptors (Lipinski definition) is 5. The van der Waals surface area contributed by atoms with Crippen molar-refractivity contribution in [2.24, 2.45) is 7.05 Å². The molecule has 0 radical (unpaired) electrons. The number of hydrogen-bond donors (Lipinski definition) is 0. The van der Waals surface area contributed by atoms with Gasteiger partial charge in [0.15, 0.2) is 0 Å². The Morgan fingerprint density at radius 3 is 2.07 bits per heavy atom. The molecule has 0 unspecified atom stereocenters. The normalized spacial score (nSPS) is 15.4. The van der Waals surface area contributed by atoms with Crippen molar-refractivity contribution < 1.29 is 4.79 Å². The number of likely N-dealkylation sites (N-methyl/N-ethyl adjacent to an activating group) is 1. The molecule has 0 saturated carbocycles. The molecular weight excluding hydrogens is 362 g/mol. The van der Waals surface area contributed by atoms with E-state index in [2.05, 4.69) is 11.8 Å². The SMILES string of the molecule is CCN1CCN(C(=O)c2cc(=O)n(CC)c3c2c(=O)n(CC)c(=O)n3C)CC1. The molecule has 1 amide bonds. The molecule has 0 aliphatic carbocycles. The minimum absolute atomic E-state index is 0.0810. The van der Waals surface area contributed by atoms with Crippen LogP contribution in [0.25, 0.3) is 11.0 Å². The zero-order valence-corrected chi connectivity index (χ0v) is 16.9. The van der Waals surface area contributed by atoms with Crippen molar-refractivity contribution in [3.05, 3.63) is 42.8 Å². The maximum atomic E-state index is 13.2. The zero-order chi connectivity index (χ0) is 20.6. The van der Waals surface area contributed by atoms with Crippen molar-refractivity contribution in [3.8, 4) is 0 Å². The van der Waals surface area contributed by atoms with Gasteiger partial charge in [-0.25, -0.2) is 4.79 Å². The lowest BCUT2D eigenvalue weighted by Crippen LogP contribution is -2.49. The summed E-state index contributed by atoms with van der Waals surface area (Å²) in [7, 11) is 1.52. The third-order valence-corrected chi connectivity index (χ3v) is 5.55. The fourth-order valence-electron chi connectivity index (χ4n) is 3.88. The first-order valence-corrected chi connectivity index (χ1v) is 9.74. The van der Waals surface area contributed by atoms with Crippen LogP contribution in [0.3, 0.4) is 0 Å². The van der Waals surface area contributed by atoms with Crippen LogP contribution in [0.5, 0.6) is 0 Å². The highest BCUT2D eigenvalue weighted by molar-refractivity contribution is 6.05. The summed E-state index contributed by atoms with van der Waals surface area (Å²) < 4.78 is 3.75. The number of carbonyl (C=O) groups excluding carboxylic acids is 1. The Bertz CT molecular complexity index is 1090. The summed E-state index contributed by atoms with van der Waals surface area (Å²) in [5, 5.41) is 0.133. The molecule has 1 aliphatic heterocycles. The average molecular weight is 389 g/mol. The molecule has 9 heteroatoms. The van der Waals surface area contributed by atoms with Crippen LogP contribution in [0.2, 0.25) is 0 Å². The summed E-state index contributed by atoms with van der Waals surface area (Å²) in [6, 6.07) is 1.24. The van der Waals surface area contributed by atoms with Crippen molar-refractivity contribution in [3.63, 3.8) is 0 Å². The molecule has 1 fully saturated rings. The van der Waals surface area contributed by atoms with Gasteiger partial charge in [-0.05, 0) is 20.4 Å². The van der Waals surface area contributed by atoms with Crippen molar-refractivity contribution in [2.75, 3.05) is 32.7 Å². The Morgan fingerprint density at radius 1 is 0.929 bits per heavy atom. The Balaban J connectivity index is 2.28. The van der Waals surface area contributed by atoms with E-state index in [0.29, 0.717) is 19.6 Å². The van der Waals surface area contributed by atoms with E-state index in [0.717, 1.165) is 24.2 Å². The second-order valence-corrected chi connectivity index (χ2v) is 6.96. The third kappa shape index (κ3) is 3.09. The van der Waals surface area contributed by atoms with E-state index >= 15 is 0 Å². The number of pyridine rings is 1. The van der Waals surface area contributed by atoms with Gasteiger partial charge in [0.25, 0.3) is 17.0 Å². The van der Waals surface area contributed by atoms with E-state index in [4.69, 9.17) is 0 Å². The van der Waals surface area contributed by atoms with Gasteiger partial charge in [0.05, 0.1) is 10.9 Å². The van der Waals surface area contributed by atoms with Gasteiger partial charge in [0, 0.05) is 52.4 Å². The molecule has 0 spiro atoms. The molecule has 28 heavy (non-hydrogen) atoms. The summed E-state index contributed by atoms with van der Waals surface area (Å²) in [5.74, 6) is -0.334. The Labute approximate surface area is 162 Å². The number of rotatable bonds is 4. The van der Waals surface area contributed by atoms with Gasteiger partial charge >= 0.3 is 5.69 Å². The number of fused-ring (bicyclic) bond motifs is 1. The molecule has 0 aromatic carbocycles. The predicted octanol–water partition coefficient (Wildman–Crippen LogP) is -0.321. The minimum atomic E-state index is -0.529. The van der Waals surface area contributed by atoms with Crippen LogP contribution in [-0.2, 0) is 20.1 Å². The molecular formula is C19H27N5O4. The lowest BCUT2D eigenvalue weighted by molar-refractivity contribution is 0.0645. The van der Waals surface area contributed by atoms with E-state index < -0.39 is 16.8 Å². The van der Waals surface area contributed by atoms with Crippen LogP contribution >= 0.6 is 0 Å². The predicted molar refractivity (Wildman–Crippen MR) is 107 cm³/mol. The van der Waals surface area contributed by atoms with Crippen molar-refractivity contribution >= 4 is 16.9 Å². The zero-order valence-electron chi connectivity index (χ0n) is 16.9. The first-order valence-electron chi connectivity index (χ1n) is 9.74.